The molecule has 0 spiro atoms. The molecule has 0 amide bonds. The molecule has 0 radical (unpaired) electrons. The van der Waals surface area contributed by atoms with Crippen molar-refractivity contribution in [3.63, 3.8) is 0 Å². The highest BCUT2D eigenvalue weighted by Crippen LogP contribution is 2.46. The molecule has 3 N–H and O–H groups in total. The number of phenols is 1. The summed E-state index contributed by atoms with van der Waals surface area (Å²) in [5.74, 6) is 0.739. The topological polar surface area (TPSA) is 104 Å². The fourth-order valence-corrected chi connectivity index (χ4v) is 1.79. The third-order valence-electron chi connectivity index (χ3n) is 2.46. The van der Waals surface area contributed by atoms with E-state index in [0.717, 1.165) is 0 Å². The van der Waals surface area contributed by atoms with Crippen LogP contribution in [0.15, 0.2) is 10.6 Å². The Bertz CT molecular complexity index is 600. The van der Waals surface area contributed by atoms with Crippen LogP contribution < -0.4 is 15.2 Å². The Labute approximate surface area is 113 Å². The van der Waals surface area contributed by atoms with E-state index in [2.05, 4.69) is 10.1 Å². The van der Waals surface area contributed by atoms with E-state index in [4.69, 9.17) is 31.3 Å². The predicted molar refractivity (Wildman–Crippen MR) is 67.4 cm³/mol. The minimum Gasteiger partial charge on any atom is -0.505 e. The lowest BCUT2D eigenvalue weighted by atomic mass is 10.1. The maximum absolute atomic E-state index is 10.0. The summed E-state index contributed by atoms with van der Waals surface area (Å²) < 4.78 is 15.2. The largest absolute Gasteiger partial charge is 0.505 e. The van der Waals surface area contributed by atoms with Crippen LogP contribution in [0.5, 0.6) is 17.2 Å². The molecule has 0 aliphatic rings. The number of aromatic hydroxyl groups is 1. The van der Waals surface area contributed by atoms with Gasteiger partial charge in [-0.2, -0.15) is 4.98 Å². The van der Waals surface area contributed by atoms with Crippen molar-refractivity contribution in [2.75, 3.05) is 14.2 Å². The van der Waals surface area contributed by atoms with E-state index in [-0.39, 0.29) is 40.3 Å². The second-order valence-corrected chi connectivity index (χ2v) is 3.94. The molecule has 2 rings (SSSR count). The molecule has 7 nitrogen and oxygen atoms in total. The Morgan fingerprint density at radius 2 is 2.16 bits per heavy atom. The van der Waals surface area contributed by atoms with Gasteiger partial charge in [-0.3, -0.25) is 0 Å². The third kappa shape index (κ3) is 2.29. The van der Waals surface area contributed by atoms with Crippen LogP contribution in [0.4, 0.5) is 0 Å². The van der Waals surface area contributed by atoms with E-state index >= 15 is 0 Å². The number of phenolic OH excluding ortho intramolecular Hbond substituents is 1. The van der Waals surface area contributed by atoms with Crippen molar-refractivity contribution in [2.24, 2.45) is 5.73 Å². The highest BCUT2D eigenvalue weighted by molar-refractivity contribution is 6.32. The standard InChI is InChI=1S/C11H12ClN3O4/c1-17-6-3-5(12)9(16)8(10(6)18-2)11-14-7(4-13)19-15-11/h3,16H,4,13H2,1-2H3. The minimum absolute atomic E-state index is 0.0896. The van der Waals surface area contributed by atoms with Crippen LogP contribution in [0.25, 0.3) is 11.4 Å². The molecule has 102 valence electrons. The molecule has 0 aliphatic heterocycles. The van der Waals surface area contributed by atoms with Gasteiger partial charge in [0.1, 0.15) is 11.3 Å². The van der Waals surface area contributed by atoms with Crippen LogP contribution in [0.1, 0.15) is 5.89 Å². The maximum Gasteiger partial charge on any atom is 0.240 e. The fraction of sp³-hybridized carbons (Fsp3) is 0.273. The molecule has 0 aliphatic carbocycles. The predicted octanol–water partition coefficient (Wildman–Crippen LogP) is 1.57. The Balaban J connectivity index is 2.69. The summed E-state index contributed by atoms with van der Waals surface area (Å²) in [4.78, 5) is 4.03. The van der Waals surface area contributed by atoms with Crippen LogP contribution in [-0.2, 0) is 6.54 Å². The van der Waals surface area contributed by atoms with Gasteiger partial charge in [0.25, 0.3) is 0 Å². The average Bonchev–Trinajstić information content (AvgIpc) is 2.89. The lowest BCUT2D eigenvalue weighted by Crippen LogP contribution is -1.97. The molecule has 0 saturated carbocycles. The summed E-state index contributed by atoms with van der Waals surface area (Å²) in [7, 11) is 2.88. The first-order chi connectivity index (χ1) is 9.12. The van der Waals surface area contributed by atoms with E-state index < -0.39 is 0 Å². The molecule has 0 fully saturated rings. The van der Waals surface area contributed by atoms with Gasteiger partial charge in [-0.25, -0.2) is 0 Å². The molecule has 2 aromatic rings. The zero-order valence-electron chi connectivity index (χ0n) is 10.3. The van der Waals surface area contributed by atoms with E-state index in [9.17, 15) is 5.11 Å². The van der Waals surface area contributed by atoms with Gasteiger partial charge in [0.2, 0.25) is 11.7 Å². The van der Waals surface area contributed by atoms with Crippen LogP contribution >= 0.6 is 11.6 Å². The second-order valence-electron chi connectivity index (χ2n) is 3.53. The van der Waals surface area contributed by atoms with Crippen molar-refractivity contribution in [3.8, 4) is 28.6 Å². The number of benzene rings is 1. The number of nitrogens with two attached hydrogens (primary N) is 1. The number of hydrogen-bond donors (Lipinski definition) is 2. The number of nitrogens with zero attached hydrogens (tertiary/aromatic N) is 2. The summed E-state index contributed by atoms with van der Waals surface area (Å²) in [5, 5.41) is 13.9. The molecule has 1 aromatic heterocycles. The summed E-state index contributed by atoms with van der Waals surface area (Å²) in [6.45, 7) is 0.0910. The lowest BCUT2D eigenvalue weighted by Gasteiger charge is -2.13. The normalized spacial score (nSPS) is 10.5. The van der Waals surface area contributed by atoms with Gasteiger partial charge in [-0.15, -0.1) is 0 Å². The molecular weight excluding hydrogens is 274 g/mol. The quantitative estimate of drug-likeness (QED) is 0.878. The number of halogens is 1. The van der Waals surface area contributed by atoms with E-state index in [1.165, 1.54) is 20.3 Å². The van der Waals surface area contributed by atoms with Gasteiger partial charge >= 0.3 is 0 Å². The highest BCUT2D eigenvalue weighted by atomic mass is 35.5. The number of aromatic nitrogens is 2. The van der Waals surface area contributed by atoms with Gasteiger partial charge in [0.15, 0.2) is 11.5 Å². The molecule has 0 unspecified atom stereocenters. The average molecular weight is 286 g/mol. The zero-order chi connectivity index (χ0) is 14.0. The number of methoxy groups -OCH3 is 2. The Hall–Kier alpha value is -1.99. The fourth-order valence-electron chi connectivity index (χ4n) is 1.60. The van der Waals surface area contributed by atoms with Crippen LogP contribution in [-0.4, -0.2) is 29.5 Å². The first-order valence-corrected chi connectivity index (χ1v) is 5.66. The van der Waals surface area contributed by atoms with Crippen molar-refractivity contribution in [3.05, 3.63) is 17.0 Å². The van der Waals surface area contributed by atoms with Crippen LogP contribution in [0.3, 0.4) is 0 Å². The summed E-state index contributed by atoms with van der Waals surface area (Å²) >= 11 is 5.92. The van der Waals surface area contributed by atoms with Crippen LogP contribution in [0.2, 0.25) is 5.02 Å². The number of hydrogen-bond acceptors (Lipinski definition) is 7. The SMILES string of the molecule is COc1cc(Cl)c(O)c(-c2noc(CN)n2)c1OC. The van der Waals surface area contributed by atoms with Crippen molar-refractivity contribution >= 4 is 11.6 Å². The molecular formula is C11H12ClN3O4. The van der Waals surface area contributed by atoms with Gasteiger partial charge in [0.05, 0.1) is 25.8 Å². The molecule has 0 saturated heterocycles. The Morgan fingerprint density at radius 1 is 1.42 bits per heavy atom. The zero-order valence-corrected chi connectivity index (χ0v) is 11.1. The van der Waals surface area contributed by atoms with Crippen molar-refractivity contribution < 1.29 is 19.1 Å². The summed E-state index contributed by atoms with van der Waals surface area (Å²) in [5.41, 5.74) is 5.59. The highest BCUT2D eigenvalue weighted by Gasteiger charge is 2.23. The first kappa shape index (κ1) is 13.4. The molecule has 8 heteroatoms. The lowest BCUT2D eigenvalue weighted by molar-refractivity contribution is 0.352. The molecule has 0 atom stereocenters. The van der Waals surface area contributed by atoms with Crippen molar-refractivity contribution in [1.82, 2.24) is 10.1 Å². The minimum atomic E-state index is -0.219. The van der Waals surface area contributed by atoms with Gasteiger partial charge in [-0.1, -0.05) is 16.8 Å². The van der Waals surface area contributed by atoms with Crippen LogP contribution in [0, 0.1) is 0 Å². The monoisotopic (exact) mass is 285 g/mol. The van der Waals surface area contributed by atoms with Crippen molar-refractivity contribution in [2.45, 2.75) is 6.54 Å². The Morgan fingerprint density at radius 3 is 2.68 bits per heavy atom. The van der Waals surface area contributed by atoms with Crippen molar-refractivity contribution in [1.29, 1.82) is 0 Å². The van der Waals surface area contributed by atoms with E-state index in [1.807, 2.05) is 0 Å². The second kappa shape index (κ2) is 5.33. The first-order valence-electron chi connectivity index (χ1n) is 5.28. The van der Waals surface area contributed by atoms with E-state index in [1.54, 1.807) is 0 Å². The smallest absolute Gasteiger partial charge is 0.240 e. The molecule has 0 bridgehead atoms. The summed E-state index contributed by atoms with van der Waals surface area (Å²) in [6.07, 6.45) is 0. The van der Waals surface area contributed by atoms with E-state index in [0.29, 0.717) is 5.75 Å². The maximum atomic E-state index is 10.0. The molecule has 1 heterocycles. The van der Waals surface area contributed by atoms with Gasteiger partial charge < -0.3 is 24.8 Å². The Kier molecular flexibility index (Phi) is 3.77. The third-order valence-corrected chi connectivity index (χ3v) is 2.75. The van der Waals surface area contributed by atoms with Gasteiger partial charge in [0, 0.05) is 6.07 Å². The number of rotatable bonds is 4. The summed E-state index contributed by atoms with van der Waals surface area (Å²) in [6, 6.07) is 1.43. The van der Waals surface area contributed by atoms with Gasteiger partial charge in [-0.05, 0) is 0 Å². The number of ether oxygens (including phenoxy) is 2. The molecule has 1 aromatic carbocycles. The molecule has 19 heavy (non-hydrogen) atoms.